The number of nitrogens with zero attached hydrogens (tertiary/aromatic N) is 5. The van der Waals surface area contributed by atoms with Crippen molar-refractivity contribution in [3.63, 3.8) is 0 Å². The third kappa shape index (κ3) is 5.04. The summed E-state index contributed by atoms with van der Waals surface area (Å²) in [4.78, 5) is 19.3. The van der Waals surface area contributed by atoms with E-state index in [0.29, 0.717) is 0 Å². The van der Waals surface area contributed by atoms with Gasteiger partial charge in [0.25, 0.3) is 0 Å². The van der Waals surface area contributed by atoms with Crippen LogP contribution < -0.4 is 10.2 Å². The fourth-order valence-electron chi connectivity index (χ4n) is 2.55. The second-order valence-electron chi connectivity index (χ2n) is 5.27. The van der Waals surface area contributed by atoms with Gasteiger partial charge >= 0.3 is 0 Å². The highest BCUT2D eigenvalue weighted by atomic mass is 127. The van der Waals surface area contributed by atoms with E-state index >= 15 is 0 Å². The summed E-state index contributed by atoms with van der Waals surface area (Å²) in [7, 11) is 0. The van der Waals surface area contributed by atoms with Gasteiger partial charge in [0.1, 0.15) is 0 Å². The number of guanidine groups is 1. The first-order valence-corrected chi connectivity index (χ1v) is 8.82. The average Bonchev–Trinajstić information content (AvgIpc) is 3.13. The smallest absolute Gasteiger partial charge is 0.225 e. The van der Waals surface area contributed by atoms with Gasteiger partial charge < -0.3 is 15.1 Å². The van der Waals surface area contributed by atoms with Crippen molar-refractivity contribution in [3.05, 3.63) is 40.8 Å². The molecular weight excluding hydrogens is 435 g/mol. The van der Waals surface area contributed by atoms with Crippen LogP contribution in [0, 0.1) is 0 Å². The predicted molar refractivity (Wildman–Crippen MR) is 110 cm³/mol. The van der Waals surface area contributed by atoms with Gasteiger partial charge in [-0.25, -0.2) is 15.0 Å². The normalized spacial score (nSPS) is 15.1. The van der Waals surface area contributed by atoms with Crippen molar-refractivity contribution in [1.82, 2.24) is 20.2 Å². The van der Waals surface area contributed by atoms with E-state index in [4.69, 9.17) is 4.99 Å². The van der Waals surface area contributed by atoms with E-state index in [-0.39, 0.29) is 24.0 Å². The van der Waals surface area contributed by atoms with Gasteiger partial charge in [-0.1, -0.05) is 6.07 Å². The van der Waals surface area contributed by atoms with Crippen LogP contribution in [0.1, 0.15) is 11.8 Å². The van der Waals surface area contributed by atoms with Gasteiger partial charge in [-0.15, -0.1) is 35.3 Å². The number of nitrogens with one attached hydrogen (secondary N) is 1. The van der Waals surface area contributed by atoms with Crippen LogP contribution in [0.15, 0.2) is 41.0 Å². The zero-order valence-electron chi connectivity index (χ0n) is 13.8. The summed E-state index contributed by atoms with van der Waals surface area (Å²) in [5.41, 5.74) is 0. The van der Waals surface area contributed by atoms with Crippen LogP contribution in [0.3, 0.4) is 0 Å². The Bertz CT molecular complexity index is 611. The molecule has 0 unspecified atom stereocenters. The maximum absolute atomic E-state index is 4.77. The van der Waals surface area contributed by atoms with Gasteiger partial charge in [-0.2, -0.15) is 0 Å². The Labute approximate surface area is 164 Å². The van der Waals surface area contributed by atoms with E-state index in [1.807, 2.05) is 6.07 Å². The minimum atomic E-state index is 0. The molecule has 1 fully saturated rings. The van der Waals surface area contributed by atoms with E-state index in [0.717, 1.165) is 51.2 Å². The molecule has 6 nitrogen and oxygen atoms in total. The van der Waals surface area contributed by atoms with Crippen molar-refractivity contribution in [1.29, 1.82) is 0 Å². The summed E-state index contributed by atoms with van der Waals surface area (Å²) in [6, 6.07) is 6.05. The van der Waals surface area contributed by atoms with Gasteiger partial charge in [0.2, 0.25) is 5.95 Å². The topological polar surface area (TPSA) is 56.7 Å². The monoisotopic (exact) mass is 458 g/mol. The van der Waals surface area contributed by atoms with Gasteiger partial charge in [-0.3, -0.25) is 0 Å². The Balaban J connectivity index is 0.00000208. The number of hydrogen-bond donors (Lipinski definition) is 1. The second-order valence-corrected chi connectivity index (χ2v) is 6.30. The molecule has 1 aliphatic rings. The lowest BCUT2D eigenvalue weighted by molar-refractivity contribution is 0.370. The van der Waals surface area contributed by atoms with Crippen LogP contribution in [0.4, 0.5) is 5.95 Å². The van der Waals surface area contributed by atoms with Crippen molar-refractivity contribution < 1.29 is 0 Å². The standard InChI is InChI=1S/C16H22N6S.HI/c1-2-17-15(20-13-14-5-3-12-23-14)21-8-10-22(11-9-21)16-18-6-4-7-19-16;/h3-7,12H,2,8-11,13H2,1H3,(H,17,20);1H. The molecule has 0 aromatic carbocycles. The van der Waals surface area contributed by atoms with Crippen molar-refractivity contribution in [2.45, 2.75) is 13.5 Å². The first kappa shape index (κ1) is 18.9. The number of anilines is 1. The SMILES string of the molecule is CCNC(=NCc1cccs1)N1CCN(c2ncccn2)CC1.I. The lowest BCUT2D eigenvalue weighted by atomic mass is 10.3. The van der Waals surface area contributed by atoms with Crippen LogP contribution in [0.2, 0.25) is 0 Å². The summed E-state index contributed by atoms with van der Waals surface area (Å²) in [5.74, 6) is 1.81. The molecule has 130 valence electrons. The first-order valence-electron chi connectivity index (χ1n) is 7.94. The molecule has 1 aliphatic heterocycles. The van der Waals surface area contributed by atoms with Gasteiger partial charge in [-0.05, 0) is 24.4 Å². The number of aromatic nitrogens is 2. The molecule has 0 radical (unpaired) electrons. The average molecular weight is 458 g/mol. The summed E-state index contributed by atoms with van der Waals surface area (Å²) >= 11 is 1.75. The Morgan fingerprint density at radius 1 is 1.21 bits per heavy atom. The van der Waals surface area contributed by atoms with Crippen LogP contribution in [0.25, 0.3) is 0 Å². The number of halogens is 1. The molecule has 3 heterocycles. The minimum Gasteiger partial charge on any atom is -0.357 e. The third-order valence-corrected chi connectivity index (χ3v) is 4.57. The second kappa shape index (κ2) is 9.77. The Morgan fingerprint density at radius 2 is 1.96 bits per heavy atom. The van der Waals surface area contributed by atoms with Crippen LogP contribution in [-0.4, -0.2) is 53.6 Å². The van der Waals surface area contributed by atoms with E-state index in [1.165, 1.54) is 4.88 Å². The number of aliphatic imine (C=N–C) groups is 1. The van der Waals surface area contributed by atoms with E-state index in [2.05, 4.69) is 49.5 Å². The lowest BCUT2D eigenvalue weighted by Gasteiger charge is -2.36. The highest BCUT2D eigenvalue weighted by Gasteiger charge is 2.20. The molecule has 1 N–H and O–H groups in total. The number of piperazine rings is 1. The number of thiophene rings is 1. The maximum Gasteiger partial charge on any atom is 0.225 e. The summed E-state index contributed by atoms with van der Waals surface area (Å²) in [5, 5.41) is 5.49. The van der Waals surface area contributed by atoms with Crippen molar-refractivity contribution in [2.24, 2.45) is 4.99 Å². The van der Waals surface area contributed by atoms with Gasteiger partial charge in [0.05, 0.1) is 6.54 Å². The lowest BCUT2D eigenvalue weighted by Crippen LogP contribution is -2.52. The van der Waals surface area contributed by atoms with Crippen LogP contribution in [-0.2, 0) is 6.54 Å². The predicted octanol–water partition coefficient (Wildman–Crippen LogP) is 2.44. The zero-order chi connectivity index (χ0) is 15.9. The minimum absolute atomic E-state index is 0. The van der Waals surface area contributed by atoms with Gasteiger partial charge in [0.15, 0.2) is 5.96 Å². The molecule has 1 saturated heterocycles. The summed E-state index contributed by atoms with van der Waals surface area (Å²) in [6.07, 6.45) is 3.59. The largest absolute Gasteiger partial charge is 0.357 e. The quantitative estimate of drug-likeness (QED) is 0.434. The first-order chi connectivity index (χ1) is 11.4. The fourth-order valence-corrected chi connectivity index (χ4v) is 3.18. The molecule has 0 spiro atoms. The molecule has 0 bridgehead atoms. The molecule has 0 amide bonds. The molecule has 8 heteroatoms. The highest BCUT2D eigenvalue weighted by Crippen LogP contribution is 2.12. The Morgan fingerprint density at radius 3 is 2.58 bits per heavy atom. The Hall–Kier alpha value is -1.42. The van der Waals surface area contributed by atoms with Crippen LogP contribution >= 0.6 is 35.3 Å². The molecule has 24 heavy (non-hydrogen) atoms. The van der Waals surface area contributed by atoms with E-state index in [1.54, 1.807) is 23.7 Å². The van der Waals surface area contributed by atoms with E-state index < -0.39 is 0 Å². The zero-order valence-corrected chi connectivity index (χ0v) is 16.9. The van der Waals surface area contributed by atoms with Crippen LogP contribution in [0.5, 0.6) is 0 Å². The maximum atomic E-state index is 4.77. The van der Waals surface area contributed by atoms with Gasteiger partial charge in [0, 0.05) is 50.0 Å². The molecular formula is C16H23IN6S. The summed E-state index contributed by atoms with van der Waals surface area (Å²) in [6.45, 7) is 7.39. The number of rotatable bonds is 4. The molecule has 3 rings (SSSR count). The highest BCUT2D eigenvalue weighted by molar-refractivity contribution is 14.0. The molecule has 0 saturated carbocycles. The van der Waals surface area contributed by atoms with Crippen molar-refractivity contribution in [2.75, 3.05) is 37.6 Å². The molecule has 0 aliphatic carbocycles. The van der Waals surface area contributed by atoms with Crippen molar-refractivity contribution in [3.8, 4) is 0 Å². The fraction of sp³-hybridized carbons (Fsp3) is 0.438. The molecule has 2 aromatic rings. The van der Waals surface area contributed by atoms with E-state index in [9.17, 15) is 0 Å². The molecule has 0 atom stereocenters. The van der Waals surface area contributed by atoms with Crippen molar-refractivity contribution >= 4 is 47.2 Å². The summed E-state index contributed by atoms with van der Waals surface area (Å²) < 4.78 is 0. The third-order valence-electron chi connectivity index (χ3n) is 3.71. The Kier molecular flexibility index (Phi) is 7.70. The number of hydrogen-bond acceptors (Lipinski definition) is 5. The molecule has 2 aromatic heterocycles.